The number of rotatable bonds is 8. The SMILES string of the molecule is c1ccc(-c2c(-c3ccccc3)c3cc(-c4ccccc4N(c4ccc(-c5ccc(-c6cccc7ccccc67)cc5)cc4)c4cccc5c4sc4ccccc45)ccc3c3ccccc23)cc1. The van der Waals surface area contributed by atoms with Crippen LogP contribution in [0.15, 0.2) is 261 Å². The van der Waals surface area contributed by atoms with Crippen molar-refractivity contribution >= 4 is 80.9 Å². The minimum Gasteiger partial charge on any atom is -0.308 e. The first-order valence-corrected chi connectivity index (χ1v) is 24.1. The van der Waals surface area contributed by atoms with E-state index in [1.165, 1.54) is 97.0 Å². The maximum atomic E-state index is 2.48. The Balaban J connectivity index is 0.990. The molecule has 1 heterocycles. The molecule has 12 aromatic carbocycles. The van der Waals surface area contributed by atoms with E-state index in [1.807, 2.05) is 11.3 Å². The number of hydrogen-bond acceptors (Lipinski definition) is 2. The smallest absolute Gasteiger partial charge is 0.0640 e. The van der Waals surface area contributed by atoms with Crippen molar-refractivity contribution in [2.24, 2.45) is 0 Å². The van der Waals surface area contributed by atoms with Gasteiger partial charge in [0.05, 0.1) is 16.1 Å². The van der Waals surface area contributed by atoms with E-state index in [1.54, 1.807) is 0 Å². The fourth-order valence-electron chi connectivity index (χ4n) is 10.5. The predicted octanol–water partition coefficient (Wildman–Crippen LogP) is 19.3. The fraction of sp³-hybridized carbons (Fsp3) is 0. The van der Waals surface area contributed by atoms with Gasteiger partial charge in [-0.05, 0) is 119 Å². The van der Waals surface area contributed by atoms with Crippen LogP contribution in [-0.2, 0) is 0 Å². The third-order valence-corrected chi connectivity index (χ3v) is 14.9. The second kappa shape index (κ2) is 16.7. The van der Waals surface area contributed by atoms with Crippen molar-refractivity contribution in [1.82, 2.24) is 0 Å². The minimum atomic E-state index is 1.10. The summed E-state index contributed by atoms with van der Waals surface area (Å²) in [4.78, 5) is 2.48. The molecule has 0 atom stereocenters. The fourth-order valence-corrected chi connectivity index (χ4v) is 11.7. The summed E-state index contributed by atoms with van der Waals surface area (Å²) in [6.45, 7) is 0. The number of nitrogens with zero attached hydrogens (tertiary/aromatic N) is 1. The van der Waals surface area contributed by atoms with Crippen molar-refractivity contribution in [1.29, 1.82) is 0 Å². The number of fused-ring (bicyclic) bond motifs is 7. The molecule has 13 aromatic rings. The largest absolute Gasteiger partial charge is 0.308 e. The van der Waals surface area contributed by atoms with Crippen LogP contribution in [0.1, 0.15) is 0 Å². The van der Waals surface area contributed by atoms with Crippen LogP contribution >= 0.6 is 11.3 Å². The highest BCUT2D eigenvalue weighted by atomic mass is 32.1. The van der Waals surface area contributed by atoms with Gasteiger partial charge in [-0.2, -0.15) is 0 Å². The lowest BCUT2D eigenvalue weighted by atomic mass is 9.84. The quantitative estimate of drug-likeness (QED) is 0.137. The zero-order valence-corrected chi connectivity index (χ0v) is 38.0. The van der Waals surface area contributed by atoms with Gasteiger partial charge < -0.3 is 4.90 Å². The lowest BCUT2D eigenvalue weighted by Gasteiger charge is -2.29. The monoisotopic (exact) mass is 881 g/mol. The van der Waals surface area contributed by atoms with Gasteiger partial charge in [0.1, 0.15) is 0 Å². The van der Waals surface area contributed by atoms with Crippen LogP contribution in [0.2, 0.25) is 0 Å². The Morgan fingerprint density at radius 1 is 0.265 bits per heavy atom. The number of benzene rings is 12. The molecule has 13 rings (SSSR count). The number of para-hydroxylation sites is 1. The van der Waals surface area contributed by atoms with Gasteiger partial charge >= 0.3 is 0 Å². The summed E-state index contributed by atoms with van der Waals surface area (Å²) in [6, 6.07) is 95.7. The summed E-state index contributed by atoms with van der Waals surface area (Å²) in [6.07, 6.45) is 0. The Morgan fingerprint density at radius 3 is 1.53 bits per heavy atom. The molecule has 0 N–H and O–H groups in total. The van der Waals surface area contributed by atoms with Crippen LogP contribution in [0.4, 0.5) is 17.1 Å². The van der Waals surface area contributed by atoms with Crippen LogP contribution in [0.3, 0.4) is 0 Å². The molecule has 0 aliphatic heterocycles. The van der Waals surface area contributed by atoms with E-state index >= 15 is 0 Å². The van der Waals surface area contributed by atoms with E-state index in [4.69, 9.17) is 0 Å². The molecule has 0 aliphatic carbocycles. The van der Waals surface area contributed by atoms with Gasteiger partial charge in [-0.1, -0.05) is 224 Å². The number of hydrogen-bond donors (Lipinski definition) is 0. The van der Waals surface area contributed by atoms with Gasteiger partial charge in [0.25, 0.3) is 0 Å². The first-order valence-electron chi connectivity index (χ1n) is 23.3. The summed E-state index contributed by atoms with van der Waals surface area (Å²) in [5.41, 5.74) is 15.5. The van der Waals surface area contributed by atoms with Crippen molar-refractivity contribution in [3.05, 3.63) is 261 Å². The van der Waals surface area contributed by atoms with E-state index < -0.39 is 0 Å². The maximum absolute atomic E-state index is 2.48. The lowest BCUT2D eigenvalue weighted by molar-refractivity contribution is 1.30. The molecule has 68 heavy (non-hydrogen) atoms. The van der Waals surface area contributed by atoms with Crippen molar-refractivity contribution in [2.75, 3.05) is 4.90 Å². The van der Waals surface area contributed by atoms with Crippen molar-refractivity contribution in [3.8, 4) is 55.6 Å². The van der Waals surface area contributed by atoms with Gasteiger partial charge in [-0.3, -0.25) is 0 Å². The van der Waals surface area contributed by atoms with Gasteiger partial charge in [0.2, 0.25) is 0 Å². The van der Waals surface area contributed by atoms with Crippen molar-refractivity contribution < 1.29 is 0 Å². The molecule has 1 aromatic heterocycles. The Hall–Kier alpha value is -8.56. The maximum Gasteiger partial charge on any atom is 0.0640 e. The summed E-state index contributed by atoms with van der Waals surface area (Å²) < 4.78 is 2.55. The third kappa shape index (κ3) is 6.77. The molecule has 0 spiro atoms. The van der Waals surface area contributed by atoms with Gasteiger partial charge in [-0.15, -0.1) is 11.3 Å². The zero-order valence-electron chi connectivity index (χ0n) is 37.2. The molecule has 2 heteroatoms. The molecule has 0 fully saturated rings. The molecular formula is C66H43NS. The first-order chi connectivity index (χ1) is 33.7. The molecule has 0 radical (unpaired) electrons. The van der Waals surface area contributed by atoms with E-state index in [-0.39, 0.29) is 0 Å². The number of anilines is 3. The van der Waals surface area contributed by atoms with Crippen LogP contribution in [0.5, 0.6) is 0 Å². The third-order valence-electron chi connectivity index (χ3n) is 13.7. The molecular weight excluding hydrogens is 839 g/mol. The van der Waals surface area contributed by atoms with Gasteiger partial charge in [0.15, 0.2) is 0 Å². The first kappa shape index (κ1) is 39.8. The Bertz CT molecular complexity index is 3990. The van der Waals surface area contributed by atoms with E-state index in [2.05, 4.69) is 266 Å². The highest BCUT2D eigenvalue weighted by Gasteiger charge is 2.23. The summed E-state index contributed by atoms with van der Waals surface area (Å²) in [5.74, 6) is 0. The second-order valence-electron chi connectivity index (χ2n) is 17.5. The number of thiophene rings is 1. The second-order valence-corrected chi connectivity index (χ2v) is 18.6. The molecule has 1 nitrogen and oxygen atoms in total. The predicted molar refractivity (Wildman–Crippen MR) is 294 cm³/mol. The molecule has 0 amide bonds. The van der Waals surface area contributed by atoms with Crippen LogP contribution < -0.4 is 4.90 Å². The summed E-state index contributed by atoms with van der Waals surface area (Å²) in [5, 5.41) is 10.1. The molecule has 0 unspecified atom stereocenters. The Labute approximate surface area is 400 Å². The van der Waals surface area contributed by atoms with E-state index in [0.717, 1.165) is 28.2 Å². The molecule has 318 valence electrons. The average molecular weight is 882 g/mol. The standard InChI is InChI=1S/C66H43NS/c1-3-18-48(19-4-1)64-58-27-10-9-25-55(58)56-42-39-50(43-60(56)65(64)49-20-5-2-6-21-49)54-24-11-13-30-61(54)67(62-31-16-29-59-57-26-12-14-32-63(57)68-66(59)62)51-40-37-45(38-41-51)44-33-35-47(36-34-44)53-28-15-22-46-17-7-8-23-52(46)53/h1-43H. The Kier molecular flexibility index (Phi) is 9.77. The van der Waals surface area contributed by atoms with Gasteiger partial charge in [-0.25, -0.2) is 0 Å². The molecule has 0 saturated heterocycles. The topological polar surface area (TPSA) is 3.24 Å². The molecule has 0 aliphatic rings. The summed E-state index contributed by atoms with van der Waals surface area (Å²) in [7, 11) is 0. The van der Waals surface area contributed by atoms with E-state index in [0.29, 0.717) is 0 Å². The zero-order chi connectivity index (χ0) is 45.0. The normalized spacial score (nSPS) is 11.5. The molecule has 0 saturated carbocycles. The van der Waals surface area contributed by atoms with Crippen LogP contribution in [-0.4, -0.2) is 0 Å². The van der Waals surface area contributed by atoms with Crippen LogP contribution in [0.25, 0.3) is 108 Å². The highest BCUT2D eigenvalue weighted by molar-refractivity contribution is 7.26. The average Bonchev–Trinajstić information content (AvgIpc) is 3.81. The van der Waals surface area contributed by atoms with Crippen molar-refractivity contribution in [3.63, 3.8) is 0 Å². The highest BCUT2D eigenvalue weighted by Crippen LogP contribution is 2.50. The van der Waals surface area contributed by atoms with Crippen molar-refractivity contribution in [2.45, 2.75) is 0 Å². The van der Waals surface area contributed by atoms with Crippen LogP contribution in [0, 0.1) is 0 Å². The van der Waals surface area contributed by atoms with E-state index in [9.17, 15) is 0 Å². The lowest BCUT2D eigenvalue weighted by Crippen LogP contribution is -2.11. The van der Waals surface area contributed by atoms with Gasteiger partial charge in [0, 0.05) is 26.7 Å². The minimum absolute atomic E-state index is 1.10. The summed E-state index contributed by atoms with van der Waals surface area (Å²) >= 11 is 1.87. The molecule has 0 bridgehead atoms. The Morgan fingerprint density at radius 2 is 0.765 bits per heavy atom.